The summed E-state index contributed by atoms with van der Waals surface area (Å²) in [6, 6.07) is 2.06. The fourth-order valence-electron chi connectivity index (χ4n) is 1.71. The van der Waals surface area contributed by atoms with Gasteiger partial charge in [-0.3, -0.25) is 14.5 Å². The monoisotopic (exact) mass is 305 g/mol. The van der Waals surface area contributed by atoms with Crippen molar-refractivity contribution >= 4 is 28.2 Å². The van der Waals surface area contributed by atoms with Gasteiger partial charge >= 0.3 is 5.97 Å². The zero-order chi connectivity index (χ0) is 16.0. The fraction of sp³-hybridized carbons (Fsp3) is 0.357. The summed E-state index contributed by atoms with van der Waals surface area (Å²) in [4.78, 5) is 24.9. The van der Waals surface area contributed by atoms with Crippen molar-refractivity contribution in [3.05, 3.63) is 16.0 Å². The standard InChI is InChI=1S/C14H15N3O3S/c1-4-5-17(8-13(19)20)7-12(18)16-14-11(6-15)9(2)10(3)21-14/h1H,5,7-8H2,2-3H3,(H,16,18)(H,19,20). The molecule has 0 saturated heterocycles. The van der Waals surface area contributed by atoms with Crippen LogP contribution in [0.4, 0.5) is 5.00 Å². The van der Waals surface area contributed by atoms with Crippen LogP contribution >= 0.6 is 11.3 Å². The van der Waals surface area contributed by atoms with E-state index in [4.69, 9.17) is 16.8 Å². The molecule has 0 aromatic carbocycles. The highest BCUT2D eigenvalue weighted by Crippen LogP contribution is 2.31. The Morgan fingerprint density at radius 1 is 1.43 bits per heavy atom. The summed E-state index contributed by atoms with van der Waals surface area (Å²) < 4.78 is 0. The maximum atomic E-state index is 12.0. The molecule has 1 aromatic rings. The second kappa shape index (κ2) is 7.44. The highest BCUT2D eigenvalue weighted by atomic mass is 32.1. The number of hydrogen-bond donors (Lipinski definition) is 2. The summed E-state index contributed by atoms with van der Waals surface area (Å²) in [5.74, 6) is 0.855. The van der Waals surface area contributed by atoms with Gasteiger partial charge in [-0.2, -0.15) is 5.26 Å². The first-order chi connectivity index (χ1) is 9.88. The molecule has 21 heavy (non-hydrogen) atoms. The van der Waals surface area contributed by atoms with Gasteiger partial charge in [-0.15, -0.1) is 17.8 Å². The SMILES string of the molecule is C#CCN(CC(=O)O)CC(=O)Nc1sc(C)c(C)c1C#N. The highest BCUT2D eigenvalue weighted by Gasteiger charge is 2.17. The molecule has 0 bridgehead atoms. The number of nitriles is 1. The van der Waals surface area contributed by atoms with Gasteiger partial charge in [0.15, 0.2) is 0 Å². The lowest BCUT2D eigenvalue weighted by molar-refractivity contribution is -0.138. The number of terminal acetylenes is 1. The smallest absolute Gasteiger partial charge is 0.317 e. The van der Waals surface area contributed by atoms with Crippen LogP contribution in [0.25, 0.3) is 0 Å². The molecule has 6 nitrogen and oxygen atoms in total. The van der Waals surface area contributed by atoms with Gasteiger partial charge in [0.05, 0.1) is 25.2 Å². The highest BCUT2D eigenvalue weighted by molar-refractivity contribution is 7.16. The Balaban J connectivity index is 2.77. The predicted octanol–water partition coefficient (Wildman–Crippen LogP) is 1.19. The van der Waals surface area contributed by atoms with Gasteiger partial charge < -0.3 is 10.4 Å². The molecule has 0 atom stereocenters. The number of carboxylic acids is 1. The van der Waals surface area contributed by atoms with Crippen molar-refractivity contribution in [1.82, 2.24) is 4.90 Å². The number of nitrogens with zero attached hydrogens (tertiary/aromatic N) is 2. The number of rotatable bonds is 6. The van der Waals surface area contributed by atoms with E-state index in [1.165, 1.54) is 16.2 Å². The summed E-state index contributed by atoms with van der Waals surface area (Å²) >= 11 is 1.32. The lowest BCUT2D eigenvalue weighted by Gasteiger charge is -2.16. The van der Waals surface area contributed by atoms with Crippen molar-refractivity contribution < 1.29 is 14.7 Å². The Morgan fingerprint density at radius 3 is 2.62 bits per heavy atom. The molecular formula is C14H15N3O3S. The first kappa shape index (κ1) is 16.7. The molecule has 1 amide bonds. The molecule has 0 unspecified atom stereocenters. The normalized spacial score (nSPS) is 9.95. The van der Waals surface area contributed by atoms with Crippen LogP contribution in [0.2, 0.25) is 0 Å². The number of hydrogen-bond acceptors (Lipinski definition) is 5. The van der Waals surface area contributed by atoms with Crippen LogP contribution in [0.5, 0.6) is 0 Å². The van der Waals surface area contributed by atoms with E-state index in [1.54, 1.807) is 0 Å². The second-order valence-electron chi connectivity index (χ2n) is 4.39. The number of aliphatic carboxylic acids is 1. The topological polar surface area (TPSA) is 93.4 Å². The predicted molar refractivity (Wildman–Crippen MR) is 80.0 cm³/mol. The quantitative estimate of drug-likeness (QED) is 0.770. The van der Waals surface area contributed by atoms with E-state index in [0.29, 0.717) is 10.6 Å². The van der Waals surface area contributed by atoms with Crippen LogP contribution in [0.15, 0.2) is 0 Å². The van der Waals surface area contributed by atoms with Gasteiger partial charge in [-0.05, 0) is 19.4 Å². The zero-order valence-electron chi connectivity index (χ0n) is 11.8. The Bertz CT molecular complexity index is 637. The van der Waals surface area contributed by atoms with Crippen molar-refractivity contribution in [2.45, 2.75) is 13.8 Å². The number of carboxylic acid groups (broad SMARTS) is 1. The molecule has 0 saturated carbocycles. The van der Waals surface area contributed by atoms with E-state index in [-0.39, 0.29) is 19.6 Å². The molecule has 0 aliphatic rings. The molecule has 2 N–H and O–H groups in total. The second-order valence-corrected chi connectivity index (χ2v) is 5.62. The van der Waals surface area contributed by atoms with Crippen LogP contribution in [0, 0.1) is 37.5 Å². The van der Waals surface area contributed by atoms with Gasteiger partial charge in [0, 0.05) is 4.88 Å². The Morgan fingerprint density at radius 2 is 2.10 bits per heavy atom. The van der Waals surface area contributed by atoms with Gasteiger partial charge in [0.1, 0.15) is 11.1 Å². The van der Waals surface area contributed by atoms with E-state index in [9.17, 15) is 9.59 Å². The molecule has 7 heteroatoms. The average Bonchev–Trinajstić information content (AvgIpc) is 2.63. The molecule has 1 aromatic heterocycles. The van der Waals surface area contributed by atoms with Crippen LogP contribution < -0.4 is 5.32 Å². The molecule has 110 valence electrons. The summed E-state index contributed by atoms with van der Waals surface area (Å²) in [5, 5.41) is 21.0. The third-order valence-electron chi connectivity index (χ3n) is 2.79. The summed E-state index contributed by atoms with van der Waals surface area (Å²) in [6.07, 6.45) is 5.14. The van der Waals surface area contributed by atoms with Crippen molar-refractivity contribution in [2.24, 2.45) is 0 Å². The summed E-state index contributed by atoms with van der Waals surface area (Å²) in [7, 11) is 0. The van der Waals surface area contributed by atoms with Crippen molar-refractivity contribution in [3.63, 3.8) is 0 Å². The number of anilines is 1. The molecule has 0 radical (unpaired) electrons. The molecule has 1 heterocycles. The van der Waals surface area contributed by atoms with E-state index >= 15 is 0 Å². The Kier molecular flexibility index (Phi) is 5.92. The van der Waals surface area contributed by atoms with E-state index in [0.717, 1.165) is 10.4 Å². The van der Waals surface area contributed by atoms with E-state index < -0.39 is 11.9 Å². The third-order valence-corrected chi connectivity index (χ3v) is 3.91. The molecular weight excluding hydrogens is 290 g/mol. The number of aryl methyl sites for hydroxylation is 1. The molecule has 0 fully saturated rings. The van der Waals surface area contributed by atoms with Crippen molar-refractivity contribution in [3.8, 4) is 18.4 Å². The minimum absolute atomic E-state index is 0.0628. The average molecular weight is 305 g/mol. The van der Waals surface area contributed by atoms with Crippen molar-refractivity contribution in [2.75, 3.05) is 25.0 Å². The van der Waals surface area contributed by atoms with Crippen LogP contribution in [-0.4, -0.2) is 41.5 Å². The summed E-state index contributed by atoms with van der Waals surface area (Å²) in [5.41, 5.74) is 1.27. The number of thiophene rings is 1. The molecule has 0 spiro atoms. The Labute approximate surface area is 127 Å². The summed E-state index contributed by atoms with van der Waals surface area (Å²) in [6.45, 7) is 3.29. The van der Waals surface area contributed by atoms with Gasteiger partial charge in [0.2, 0.25) is 5.91 Å². The molecule has 1 rings (SSSR count). The maximum Gasteiger partial charge on any atom is 0.317 e. The first-order valence-electron chi connectivity index (χ1n) is 6.06. The lowest BCUT2D eigenvalue weighted by Crippen LogP contribution is -2.37. The minimum Gasteiger partial charge on any atom is -0.480 e. The van der Waals surface area contributed by atoms with Crippen LogP contribution in [0.3, 0.4) is 0 Å². The van der Waals surface area contributed by atoms with Gasteiger partial charge in [0.25, 0.3) is 0 Å². The zero-order valence-corrected chi connectivity index (χ0v) is 12.6. The number of nitrogens with one attached hydrogen (secondary N) is 1. The number of amides is 1. The largest absolute Gasteiger partial charge is 0.480 e. The van der Waals surface area contributed by atoms with Crippen LogP contribution in [0.1, 0.15) is 16.0 Å². The molecule has 0 aliphatic carbocycles. The first-order valence-corrected chi connectivity index (χ1v) is 6.88. The third kappa shape index (κ3) is 4.60. The maximum absolute atomic E-state index is 12.0. The van der Waals surface area contributed by atoms with Gasteiger partial charge in [-0.1, -0.05) is 5.92 Å². The number of carbonyl (C=O) groups excluding carboxylic acids is 1. The number of carbonyl (C=O) groups is 2. The minimum atomic E-state index is -1.06. The van der Waals surface area contributed by atoms with Gasteiger partial charge in [-0.25, -0.2) is 0 Å². The van der Waals surface area contributed by atoms with Crippen molar-refractivity contribution in [1.29, 1.82) is 5.26 Å². The Hall–Kier alpha value is -2.35. The fourth-order valence-corrected chi connectivity index (χ4v) is 2.73. The molecule has 0 aliphatic heterocycles. The lowest BCUT2D eigenvalue weighted by atomic mass is 10.2. The van der Waals surface area contributed by atoms with E-state index in [1.807, 2.05) is 13.8 Å². The van der Waals surface area contributed by atoms with Crippen LogP contribution in [-0.2, 0) is 9.59 Å². The van der Waals surface area contributed by atoms with E-state index in [2.05, 4.69) is 17.3 Å².